The van der Waals surface area contributed by atoms with E-state index in [0.29, 0.717) is 5.69 Å². The van der Waals surface area contributed by atoms with E-state index < -0.39 is 23.5 Å². The van der Waals surface area contributed by atoms with Crippen molar-refractivity contribution >= 4 is 17.9 Å². The van der Waals surface area contributed by atoms with Gasteiger partial charge in [-0.05, 0) is 51.1 Å². The molecule has 0 aliphatic rings. The van der Waals surface area contributed by atoms with Gasteiger partial charge in [0.2, 0.25) is 5.91 Å². The second kappa shape index (κ2) is 8.98. The van der Waals surface area contributed by atoms with Crippen LogP contribution in [0.15, 0.2) is 36.5 Å². The van der Waals surface area contributed by atoms with Gasteiger partial charge >= 0.3 is 6.09 Å². The summed E-state index contributed by atoms with van der Waals surface area (Å²) in [5, 5.41) is 6.50. The van der Waals surface area contributed by atoms with Crippen LogP contribution in [-0.4, -0.2) is 39.8 Å². The normalized spacial score (nSPS) is 10.9. The molecule has 0 unspecified atom stereocenters. The van der Waals surface area contributed by atoms with Gasteiger partial charge in [0, 0.05) is 19.2 Å². The molecular weight excluding hydrogens is 369 g/mol. The summed E-state index contributed by atoms with van der Waals surface area (Å²) in [4.78, 5) is 35.2. The number of carbonyl (C=O) groups is 3. The van der Waals surface area contributed by atoms with E-state index in [9.17, 15) is 18.8 Å². The maximum Gasteiger partial charge on any atom is 0.407 e. The van der Waals surface area contributed by atoms with E-state index in [1.54, 1.807) is 20.8 Å². The van der Waals surface area contributed by atoms with E-state index in [-0.39, 0.29) is 24.5 Å². The van der Waals surface area contributed by atoms with Gasteiger partial charge in [-0.1, -0.05) is 0 Å². The molecule has 3 amide bonds. The van der Waals surface area contributed by atoms with Crippen molar-refractivity contribution in [3.8, 4) is 5.69 Å². The summed E-state index contributed by atoms with van der Waals surface area (Å²) in [5.74, 6) is -1.49. The second-order valence-corrected chi connectivity index (χ2v) is 6.80. The van der Waals surface area contributed by atoms with Crippen LogP contribution in [0.2, 0.25) is 0 Å². The summed E-state index contributed by atoms with van der Waals surface area (Å²) in [5.41, 5.74) is 4.48. The predicted molar refractivity (Wildman–Crippen MR) is 98.0 cm³/mol. The van der Waals surface area contributed by atoms with Crippen LogP contribution in [0.5, 0.6) is 0 Å². The number of nitrogens with one attached hydrogen (secondary N) is 3. The molecule has 1 aromatic heterocycles. The number of rotatable bonds is 5. The van der Waals surface area contributed by atoms with Gasteiger partial charge in [-0.2, -0.15) is 5.10 Å². The molecule has 0 bridgehead atoms. The first-order valence-corrected chi connectivity index (χ1v) is 8.52. The molecular formula is C18H22FN5O4. The van der Waals surface area contributed by atoms with Crippen molar-refractivity contribution in [2.24, 2.45) is 0 Å². The maximum atomic E-state index is 13.0. The zero-order chi connectivity index (χ0) is 20.7. The van der Waals surface area contributed by atoms with Crippen LogP contribution in [-0.2, 0) is 9.53 Å². The zero-order valence-electron chi connectivity index (χ0n) is 15.8. The Balaban J connectivity index is 1.75. The Morgan fingerprint density at radius 3 is 2.43 bits per heavy atom. The third kappa shape index (κ3) is 6.71. The largest absolute Gasteiger partial charge is 0.444 e. The quantitative estimate of drug-likeness (QED) is 0.671. The average molecular weight is 391 g/mol. The molecule has 9 nitrogen and oxygen atoms in total. The highest BCUT2D eigenvalue weighted by molar-refractivity contribution is 5.93. The van der Waals surface area contributed by atoms with E-state index in [2.05, 4.69) is 21.3 Å². The number of hydrogen-bond donors (Lipinski definition) is 3. The molecule has 0 aliphatic heterocycles. The summed E-state index contributed by atoms with van der Waals surface area (Å²) < 4.78 is 19.4. The summed E-state index contributed by atoms with van der Waals surface area (Å²) in [7, 11) is 0. The highest BCUT2D eigenvalue weighted by Gasteiger charge is 2.16. The highest BCUT2D eigenvalue weighted by Crippen LogP contribution is 2.09. The molecule has 0 spiro atoms. The maximum absolute atomic E-state index is 13.0. The van der Waals surface area contributed by atoms with Crippen molar-refractivity contribution in [2.75, 3.05) is 6.54 Å². The molecule has 2 rings (SSSR count). The van der Waals surface area contributed by atoms with Crippen LogP contribution in [0.4, 0.5) is 9.18 Å². The van der Waals surface area contributed by atoms with Gasteiger partial charge in [0.15, 0.2) is 5.69 Å². The highest BCUT2D eigenvalue weighted by atomic mass is 19.1. The number of hydrogen-bond acceptors (Lipinski definition) is 5. The first-order valence-electron chi connectivity index (χ1n) is 8.52. The monoisotopic (exact) mass is 391 g/mol. The van der Waals surface area contributed by atoms with Crippen LogP contribution < -0.4 is 16.2 Å². The number of halogens is 1. The number of aromatic nitrogens is 2. The van der Waals surface area contributed by atoms with Crippen LogP contribution in [0.3, 0.4) is 0 Å². The Kier molecular flexibility index (Phi) is 6.69. The number of carbonyl (C=O) groups excluding carboxylic acids is 3. The SMILES string of the molecule is CC(C)(C)OC(=O)NCCC(=O)NNC(=O)c1ccn(-c2ccc(F)cc2)n1. The molecule has 1 aromatic carbocycles. The van der Waals surface area contributed by atoms with Crippen LogP contribution in [0.25, 0.3) is 5.69 Å². The van der Waals surface area contributed by atoms with Gasteiger partial charge in [-0.15, -0.1) is 0 Å². The van der Waals surface area contributed by atoms with E-state index in [1.165, 1.54) is 41.2 Å². The van der Waals surface area contributed by atoms with Gasteiger partial charge in [0.25, 0.3) is 5.91 Å². The lowest BCUT2D eigenvalue weighted by molar-refractivity contribution is -0.121. The van der Waals surface area contributed by atoms with Crippen molar-refractivity contribution in [3.05, 3.63) is 48.0 Å². The molecule has 0 saturated heterocycles. The van der Waals surface area contributed by atoms with E-state index in [4.69, 9.17) is 4.74 Å². The Labute approximate surface area is 161 Å². The van der Waals surface area contributed by atoms with Crippen LogP contribution in [0.1, 0.15) is 37.7 Å². The van der Waals surface area contributed by atoms with Crippen molar-refractivity contribution in [3.63, 3.8) is 0 Å². The van der Waals surface area contributed by atoms with E-state index in [1.807, 2.05) is 0 Å². The topological polar surface area (TPSA) is 114 Å². The Hall–Kier alpha value is -3.43. The fourth-order valence-corrected chi connectivity index (χ4v) is 2.03. The molecule has 0 radical (unpaired) electrons. The molecule has 0 fully saturated rings. The second-order valence-electron chi connectivity index (χ2n) is 6.80. The summed E-state index contributed by atoms with van der Waals surface area (Å²) >= 11 is 0. The standard InChI is InChI=1S/C18H22FN5O4/c1-18(2,3)28-17(27)20-10-8-15(25)21-22-16(26)14-9-11-24(23-14)13-6-4-12(19)5-7-13/h4-7,9,11H,8,10H2,1-3H3,(H,20,27)(H,21,25)(H,22,26). The lowest BCUT2D eigenvalue weighted by atomic mass is 10.2. The molecule has 0 atom stereocenters. The number of ether oxygens (including phenoxy) is 1. The van der Waals surface area contributed by atoms with Crippen LogP contribution >= 0.6 is 0 Å². The molecule has 0 aliphatic carbocycles. The van der Waals surface area contributed by atoms with Crippen molar-refractivity contribution < 1.29 is 23.5 Å². The van der Waals surface area contributed by atoms with Gasteiger partial charge < -0.3 is 10.1 Å². The fraction of sp³-hybridized carbons (Fsp3) is 0.333. The number of alkyl carbamates (subject to hydrolysis) is 1. The first kappa shape index (κ1) is 20.9. The Bertz CT molecular complexity index is 842. The number of hydrazine groups is 1. The molecule has 150 valence electrons. The first-order chi connectivity index (χ1) is 13.1. The number of amides is 3. The van der Waals surface area contributed by atoms with Crippen molar-refractivity contribution in [1.82, 2.24) is 25.9 Å². The summed E-state index contributed by atoms with van der Waals surface area (Å²) in [6.07, 6.45) is 0.855. The Morgan fingerprint density at radius 2 is 1.79 bits per heavy atom. The Morgan fingerprint density at radius 1 is 1.11 bits per heavy atom. The smallest absolute Gasteiger partial charge is 0.407 e. The summed E-state index contributed by atoms with van der Waals surface area (Å²) in [6, 6.07) is 7.05. The van der Waals surface area contributed by atoms with Gasteiger partial charge in [0.1, 0.15) is 11.4 Å². The van der Waals surface area contributed by atoms with E-state index in [0.717, 1.165) is 0 Å². The number of nitrogens with zero attached hydrogens (tertiary/aromatic N) is 2. The predicted octanol–water partition coefficient (Wildman–Crippen LogP) is 1.69. The third-order valence-electron chi connectivity index (χ3n) is 3.25. The van der Waals surface area contributed by atoms with Gasteiger partial charge in [0.05, 0.1) is 5.69 Å². The van der Waals surface area contributed by atoms with E-state index >= 15 is 0 Å². The molecule has 2 aromatic rings. The third-order valence-corrected chi connectivity index (χ3v) is 3.25. The summed E-state index contributed by atoms with van der Waals surface area (Å²) in [6.45, 7) is 5.24. The molecule has 3 N–H and O–H groups in total. The fourth-order valence-electron chi connectivity index (χ4n) is 2.03. The molecule has 28 heavy (non-hydrogen) atoms. The average Bonchev–Trinajstić information content (AvgIpc) is 3.09. The number of benzene rings is 1. The minimum absolute atomic E-state index is 0.0514. The van der Waals surface area contributed by atoms with Crippen molar-refractivity contribution in [2.45, 2.75) is 32.8 Å². The molecule has 1 heterocycles. The minimum atomic E-state index is -0.629. The van der Waals surface area contributed by atoms with Crippen molar-refractivity contribution in [1.29, 1.82) is 0 Å². The lowest BCUT2D eigenvalue weighted by Gasteiger charge is -2.19. The zero-order valence-corrected chi connectivity index (χ0v) is 15.8. The minimum Gasteiger partial charge on any atom is -0.444 e. The van der Waals surface area contributed by atoms with Gasteiger partial charge in [-0.25, -0.2) is 13.9 Å². The molecule has 10 heteroatoms. The van der Waals surface area contributed by atoms with Gasteiger partial charge in [-0.3, -0.25) is 20.4 Å². The van der Waals surface area contributed by atoms with Crippen LogP contribution in [0, 0.1) is 5.82 Å². The lowest BCUT2D eigenvalue weighted by Crippen LogP contribution is -2.43. The molecule has 0 saturated carbocycles.